The Morgan fingerprint density at radius 3 is 1.40 bits per heavy atom. The Balaban J connectivity index is 0.937. The van der Waals surface area contributed by atoms with Crippen molar-refractivity contribution in [1.29, 1.82) is 0 Å². The zero-order valence-corrected chi connectivity index (χ0v) is 37.7. The first-order chi connectivity index (χ1) is 33.7. The molecule has 68 heavy (non-hydrogen) atoms. The molecule has 0 N–H and O–H groups in total. The van der Waals surface area contributed by atoms with Crippen molar-refractivity contribution in [2.75, 3.05) is 0 Å². The second kappa shape index (κ2) is 16.4. The average Bonchev–Trinajstić information content (AvgIpc) is 3.94. The van der Waals surface area contributed by atoms with Crippen LogP contribution in [0.25, 0.3) is 98.8 Å². The molecule has 12 aromatic rings. The zero-order chi connectivity index (χ0) is 45.0. The van der Waals surface area contributed by atoms with E-state index in [0.29, 0.717) is 17.5 Å². The maximum Gasteiger partial charge on any atom is 0.164 e. The van der Waals surface area contributed by atoms with E-state index in [2.05, 4.69) is 237 Å². The van der Waals surface area contributed by atoms with Crippen LogP contribution in [0.3, 0.4) is 0 Å². The van der Waals surface area contributed by atoms with Gasteiger partial charge in [0.15, 0.2) is 17.5 Å². The summed E-state index contributed by atoms with van der Waals surface area (Å²) in [6.45, 7) is 0. The Bertz CT molecular complexity index is 3800. The van der Waals surface area contributed by atoms with Crippen LogP contribution in [0.5, 0.6) is 0 Å². The molecule has 0 unspecified atom stereocenters. The lowest BCUT2D eigenvalue weighted by atomic mass is 9.67. The van der Waals surface area contributed by atoms with Gasteiger partial charge in [0.05, 0.1) is 5.41 Å². The highest BCUT2D eigenvalue weighted by Crippen LogP contribution is 2.56. The van der Waals surface area contributed by atoms with E-state index in [1.807, 2.05) is 23.5 Å². The van der Waals surface area contributed by atoms with E-state index in [0.717, 1.165) is 44.5 Å². The molecule has 0 atom stereocenters. The molecule has 0 saturated heterocycles. The molecule has 0 bridgehead atoms. The van der Waals surface area contributed by atoms with Crippen molar-refractivity contribution < 1.29 is 0 Å². The normalized spacial score (nSPS) is 12.5. The molecule has 10 aromatic carbocycles. The van der Waals surface area contributed by atoms with Gasteiger partial charge < -0.3 is 0 Å². The summed E-state index contributed by atoms with van der Waals surface area (Å²) >= 11 is 1.86. The van der Waals surface area contributed by atoms with E-state index in [-0.39, 0.29) is 0 Å². The summed E-state index contributed by atoms with van der Waals surface area (Å²) in [6.07, 6.45) is 0. The van der Waals surface area contributed by atoms with Crippen molar-refractivity contribution >= 4 is 31.5 Å². The summed E-state index contributed by atoms with van der Waals surface area (Å²) in [6, 6.07) is 89.4. The van der Waals surface area contributed by atoms with Crippen LogP contribution in [0.4, 0.5) is 0 Å². The van der Waals surface area contributed by atoms with Crippen LogP contribution >= 0.6 is 11.3 Å². The molecule has 2 heterocycles. The van der Waals surface area contributed by atoms with Crippen LogP contribution in [0.2, 0.25) is 0 Å². The molecule has 2 aromatic heterocycles. The molecule has 13 rings (SSSR count). The van der Waals surface area contributed by atoms with Crippen molar-refractivity contribution in [3.05, 3.63) is 271 Å². The second-order valence-corrected chi connectivity index (χ2v) is 18.6. The number of hydrogen-bond acceptors (Lipinski definition) is 4. The highest BCUT2D eigenvalue weighted by atomic mass is 32.1. The predicted molar refractivity (Wildman–Crippen MR) is 283 cm³/mol. The number of thiophene rings is 1. The number of fused-ring (bicyclic) bond motifs is 6. The molecule has 0 aliphatic heterocycles. The third-order valence-electron chi connectivity index (χ3n) is 13.7. The molecule has 3 nitrogen and oxygen atoms in total. The summed E-state index contributed by atoms with van der Waals surface area (Å²) in [5, 5.41) is 2.51. The monoisotopic (exact) mass is 883 g/mol. The summed E-state index contributed by atoms with van der Waals surface area (Å²) in [5.41, 5.74) is 16.9. The summed E-state index contributed by atoms with van der Waals surface area (Å²) < 4.78 is 2.50. The van der Waals surface area contributed by atoms with E-state index in [9.17, 15) is 0 Å². The van der Waals surface area contributed by atoms with Gasteiger partial charge in [0.1, 0.15) is 0 Å². The molecule has 0 saturated carbocycles. The molecule has 0 fully saturated rings. The Morgan fingerprint density at radius 2 is 0.721 bits per heavy atom. The molecule has 1 aliphatic rings. The van der Waals surface area contributed by atoms with Gasteiger partial charge in [0, 0.05) is 36.9 Å². The predicted octanol–water partition coefficient (Wildman–Crippen LogP) is 16.6. The van der Waals surface area contributed by atoms with Gasteiger partial charge in [0.2, 0.25) is 0 Å². The SMILES string of the molecule is c1ccc(-c2ccc(-c3nc(-c4cccc(-c5ccccc5)c4)nc(-c4ccccc4-c4ccc5c(c4)sc4cc(C6(c7ccccc7)c7ccccc7-c7ccccc76)ccc45)n3)cc2)cc1. The van der Waals surface area contributed by atoms with Gasteiger partial charge in [-0.2, -0.15) is 0 Å². The Morgan fingerprint density at radius 1 is 0.265 bits per heavy atom. The van der Waals surface area contributed by atoms with Crippen LogP contribution in [0.15, 0.2) is 249 Å². The number of benzene rings is 10. The molecule has 1 aliphatic carbocycles. The minimum atomic E-state index is -0.446. The zero-order valence-electron chi connectivity index (χ0n) is 36.9. The van der Waals surface area contributed by atoms with Crippen molar-refractivity contribution in [2.45, 2.75) is 5.41 Å². The van der Waals surface area contributed by atoms with E-state index in [1.165, 1.54) is 59.1 Å². The third kappa shape index (κ3) is 6.60. The fraction of sp³-hybridized carbons (Fsp3) is 0.0156. The van der Waals surface area contributed by atoms with Gasteiger partial charge in [-0.1, -0.05) is 231 Å². The van der Waals surface area contributed by atoms with Crippen molar-refractivity contribution in [3.8, 4) is 78.7 Å². The van der Waals surface area contributed by atoms with Gasteiger partial charge in [-0.05, 0) is 85.0 Å². The summed E-state index contributed by atoms with van der Waals surface area (Å²) in [5.74, 6) is 1.88. The Kier molecular flexibility index (Phi) is 9.59. The van der Waals surface area contributed by atoms with E-state index < -0.39 is 5.41 Å². The lowest BCUT2D eigenvalue weighted by Gasteiger charge is -2.33. The van der Waals surface area contributed by atoms with Gasteiger partial charge in [-0.15, -0.1) is 11.3 Å². The van der Waals surface area contributed by atoms with Crippen molar-refractivity contribution in [1.82, 2.24) is 15.0 Å². The van der Waals surface area contributed by atoms with Crippen LogP contribution in [-0.2, 0) is 5.41 Å². The lowest BCUT2D eigenvalue weighted by molar-refractivity contribution is 0.770. The van der Waals surface area contributed by atoms with E-state index in [1.54, 1.807) is 0 Å². The highest BCUT2D eigenvalue weighted by Gasteiger charge is 2.46. The van der Waals surface area contributed by atoms with E-state index in [4.69, 9.17) is 15.0 Å². The fourth-order valence-electron chi connectivity index (χ4n) is 10.5. The molecule has 0 spiro atoms. The minimum Gasteiger partial charge on any atom is -0.208 e. The van der Waals surface area contributed by atoms with Crippen molar-refractivity contribution in [2.24, 2.45) is 0 Å². The average molecular weight is 884 g/mol. The van der Waals surface area contributed by atoms with E-state index >= 15 is 0 Å². The molecule has 0 radical (unpaired) electrons. The number of aromatic nitrogens is 3. The standard InChI is InChI=1S/C64H41N3S/c1-4-17-42(18-5-1)44-31-33-45(34-32-44)61-65-62(48-22-16-21-46(39-48)43-19-6-2-7-20-43)67-63(66-61)56-28-11-10-25-51(56)47-35-37-54-55-38-36-50(41-60(55)68-59(54)40-47)64(49-23-8-3-9-24-49)57-29-14-12-26-52(57)53-27-13-15-30-58(53)64/h1-41H. The summed E-state index contributed by atoms with van der Waals surface area (Å²) in [4.78, 5) is 15.7. The quantitative estimate of drug-likeness (QED) is 0.153. The van der Waals surface area contributed by atoms with Crippen LogP contribution < -0.4 is 0 Å². The lowest BCUT2D eigenvalue weighted by Crippen LogP contribution is -2.28. The third-order valence-corrected chi connectivity index (χ3v) is 14.8. The van der Waals surface area contributed by atoms with Gasteiger partial charge in [-0.25, -0.2) is 15.0 Å². The highest BCUT2D eigenvalue weighted by molar-refractivity contribution is 7.25. The van der Waals surface area contributed by atoms with Crippen LogP contribution in [0, 0.1) is 0 Å². The maximum absolute atomic E-state index is 5.27. The van der Waals surface area contributed by atoms with Gasteiger partial charge >= 0.3 is 0 Å². The number of hydrogen-bond donors (Lipinski definition) is 0. The first-order valence-corrected chi connectivity index (χ1v) is 23.9. The summed E-state index contributed by atoms with van der Waals surface area (Å²) in [7, 11) is 0. The first-order valence-electron chi connectivity index (χ1n) is 23.1. The number of rotatable bonds is 8. The molecular weight excluding hydrogens is 843 g/mol. The first kappa shape index (κ1) is 39.8. The van der Waals surface area contributed by atoms with Gasteiger partial charge in [-0.3, -0.25) is 0 Å². The molecule has 318 valence electrons. The smallest absolute Gasteiger partial charge is 0.164 e. The fourth-order valence-corrected chi connectivity index (χ4v) is 11.7. The molecule has 4 heteroatoms. The largest absolute Gasteiger partial charge is 0.208 e. The molecular formula is C64H41N3S. The van der Waals surface area contributed by atoms with Gasteiger partial charge in [0.25, 0.3) is 0 Å². The van der Waals surface area contributed by atoms with Crippen molar-refractivity contribution in [3.63, 3.8) is 0 Å². The maximum atomic E-state index is 5.27. The molecule has 0 amide bonds. The second-order valence-electron chi connectivity index (χ2n) is 17.5. The van der Waals surface area contributed by atoms with Crippen LogP contribution in [0.1, 0.15) is 22.3 Å². The van der Waals surface area contributed by atoms with Crippen LogP contribution in [-0.4, -0.2) is 15.0 Å². The minimum absolute atomic E-state index is 0.446. The Labute approximate surface area is 399 Å². The number of nitrogens with zero attached hydrogens (tertiary/aromatic N) is 3. The topological polar surface area (TPSA) is 38.7 Å². The Hall–Kier alpha value is -8.57.